The predicted octanol–water partition coefficient (Wildman–Crippen LogP) is 2.79. The van der Waals surface area contributed by atoms with Crippen molar-refractivity contribution in [1.82, 2.24) is 4.90 Å². The molecule has 3 heteroatoms. The summed E-state index contributed by atoms with van der Waals surface area (Å²) in [6.45, 7) is 5.95. The first-order valence-corrected chi connectivity index (χ1v) is 7.11. The maximum atomic E-state index is 11.6. The van der Waals surface area contributed by atoms with Crippen LogP contribution in [0.15, 0.2) is 18.2 Å². The minimum absolute atomic E-state index is 0.374. The molecule has 0 radical (unpaired) electrons. The summed E-state index contributed by atoms with van der Waals surface area (Å²) in [4.78, 5) is 13.7. The van der Waals surface area contributed by atoms with E-state index in [9.17, 15) is 9.90 Å². The van der Waals surface area contributed by atoms with E-state index in [4.69, 9.17) is 0 Å². The molecule has 0 saturated carbocycles. The monoisotopic (exact) mass is 261 g/mol. The van der Waals surface area contributed by atoms with Crippen LogP contribution in [0.2, 0.25) is 0 Å². The Morgan fingerprint density at radius 3 is 2.58 bits per heavy atom. The number of carbonyl (C=O) groups is 1. The quantitative estimate of drug-likeness (QED) is 0.906. The van der Waals surface area contributed by atoms with Crippen LogP contribution >= 0.6 is 0 Å². The number of aliphatic carboxylic acids is 1. The first kappa shape index (κ1) is 14.1. The Morgan fingerprint density at radius 1 is 1.26 bits per heavy atom. The van der Waals surface area contributed by atoms with Gasteiger partial charge in [0.15, 0.2) is 0 Å². The van der Waals surface area contributed by atoms with Crippen LogP contribution in [0, 0.1) is 13.8 Å². The lowest BCUT2D eigenvalue weighted by Gasteiger charge is -2.32. The van der Waals surface area contributed by atoms with E-state index in [1.807, 2.05) is 0 Å². The lowest BCUT2D eigenvalue weighted by atomic mass is 9.97. The second-order valence-corrected chi connectivity index (χ2v) is 5.58. The molecule has 3 nitrogen and oxygen atoms in total. The lowest BCUT2D eigenvalue weighted by Crippen LogP contribution is -2.45. The number of piperidine rings is 1. The maximum absolute atomic E-state index is 11.6. The van der Waals surface area contributed by atoms with Gasteiger partial charge in [-0.1, -0.05) is 30.2 Å². The van der Waals surface area contributed by atoms with Gasteiger partial charge in [0.1, 0.15) is 6.04 Å². The summed E-state index contributed by atoms with van der Waals surface area (Å²) in [6.07, 6.45) is 4.09. The van der Waals surface area contributed by atoms with Crippen LogP contribution < -0.4 is 0 Å². The van der Waals surface area contributed by atoms with Crippen molar-refractivity contribution in [2.24, 2.45) is 0 Å². The number of hydrogen-bond donors (Lipinski definition) is 1. The summed E-state index contributed by atoms with van der Waals surface area (Å²) >= 11 is 0. The molecule has 1 fully saturated rings. The molecule has 104 valence electrons. The average Bonchev–Trinajstić information content (AvgIpc) is 2.40. The van der Waals surface area contributed by atoms with Crippen LogP contribution in [-0.4, -0.2) is 35.1 Å². The first-order chi connectivity index (χ1) is 9.08. The van der Waals surface area contributed by atoms with Gasteiger partial charge in [0.25, 0.3) is 0 Å². The van der Waals surface area contributed by atoms with Crippen LogP contribution in [0.1, 0.15) is 36.0 Å². The average molecular weight is 261 g/mol. The van der Waals surface area contributed by atoms with Crippen molar-refractivity contribution in [3.05, 3.63) is 34.9 Å². The molecule has 0 spiro atoms. The summed E-state index contributed by atoms with van der Waals surface area (Å²) in [7, 11) is 0. The van der Waals surface area contributed by atoms with E-state index in [1.165, 1.54) is 17.5 Å². The van der Waals surface area contributed by atoms with Crippen molar-refractivity contribution in [3.8, 4) is 0 Å². The Kier molecular flexibility index (Phi) is 4.59. The molecule has 1 N–H and O–H groups in total. The van der Waals surface area contributed by atoms with Gasteiger partial charge in [-0.25, -0.2) is 0 Å². The number of carboxylic acid groups (broad SMARTS) is 1. The van der Waals surface area contributed by atoms with Crippen LogP contribution in [-0.2, 0) is 11.2 Å². The fraction of sp³-hybridized carbons (Fsp3) is 0.562. The topological polar surface area (TPSA) is 40.5 Å². The lowest BCUT2D eigenvalue weighted by molar-refractivity contribution is -0.143. The second kappa shape index (κ2) is 6.20. The van der Waals surface area contributed by atoms with Crippen LogP contribution in [0.4, 0.5) is 0 Å². The number of hydrogen-bond acceptors (Lipinski definition) is 2. The first-order valence-electron chi connectivity index (χ1n) is 7.11. The molecule has 0 amide bonds. The number of carboxylic acids is 1. The number of benzene rings is 1. The normalized spacial score (nSPS) is 18.2. The zero-order valence-corrected chi connectivity index (χ0v) is 11.9. The molecule has 0 aliphatic carbocycles. The molecule has 0 bridgehead atoms. The van der Waals surface area contributed by atoms with E-state index in [2.05, 4.69) is 36.9 Å². The van der Waals surface area contributed by atoms with E-state index in [0.29, 0.717) is 6.42 Å². The predicted molar refractivity (Wildman–Crippen MR) is 76.5 cm³/mol. The second-order valence-electron chi connectivity index (χ2n) is 5.58. The van der Waals surface area contributed by atoms with E-state index in [-0.39, 0.29) is 6.04 Å². The molecule has 2 rings (SSSR count). The minimum Gasteiger partial charge on any atom is -0.480 e. The molecule has 0 aromatic heterocycles. The molecular formula is C16H23NO2. The summed E-state index contributed by atoms with van der Waals surface area (Å²) in [5.41, 5.74) is 3.55. The standard InChI is InChI=1S/C16H23NO2/c1-12-6-7-13(2)14(10-12)11-15(16(18)19)17-8-4-3-5-9-17/h6-7,10,15H,3-5,8-9,11H2,1-2H3,(H,18,19)/t15-/m0/s1. The van der Waals surface area contributed by atoms with Gasteiger partial charge >= 0.3 is 5.97 Å². The van der Waals surface area contributed by atoms with Crippen molar-refractivity contribution in [2.45, 2.75) is 45.6 Å². The van der Waals surface area contributed by atoms with Crippen LogP contribution in [0.3, 0.4) is 0 Å². The zero-order chi connectivity index (χ0) is 13.8. The summed E-state index contributed by atoms with van der Waals surface area (Å²) in [5.74, 6) is -0.692. The van der Waals surface area contributed by atoms with Crippen molar-refractivity contribution >= 4 is 5.97 Å². The highest BCUT2D eigenvalue weighted by atomic mass is 16.4. The maximum Gasteiger partial charge on any atom is 0.321 e. The Hall–Kier alpha value is -1.35. The molecule has 19 heavy (non-hydrogen) atoms. The van der Waals surface area contributed by atoms with Gasteiger partial charge in [-0.15, -0.1) is 0 Å². The van der Waals surface area contributed by atoms with Crippen molar-refractivity contribution in [3.63, 3.8) is 0 Å². The zero-order valence-electron chi connectivity index (χ0n) is 11.9. The van der Waals surface area contributed by atoms with E-state index >= 15 is 0 Å². The number of nitrogens with zero attached hydrogens (tertiary/aromatic N) is 1. The highest BCUT2D eigenvalue weighted by Crippen LogP contribution is 2.19. The minimum atomic E-state index is -0.692. The Morgan fingerprint density at radius 2 is 1.95 bits per heavy atom. The van der Waals surface area contributed by atoms with E-state index < -0.39 is 5.97 Å². The summed E-state index contributed by atoms with van der Waals surface area (Å²) < 4.78 is 0. The molecule has 0 unspecified atom stereocenters. The highest BCUT2D eigenvalue weighted by molar-refractivity contribution is 5.74. The number of aryl methyl sites for hydroxylation is 2. The SMILES string of the molecule is Cc1ccc(C)c(C[C@@H](C(=O)O)N2CCCCC2)c1. The molecule has 1 aromatic carbocycles. The largest absolute Gasteiger partial charge is 0.480 e. The molecular weight excluding hydrogens is 238 g/mol. The third-order valence-electron chi connectivity index (χ3n) is 4.03. The Labute approximate surface area is 115 Å². The van der Waals surface area contributed by atoms with Crippen molar-refractivity contribution in [1.29, 1.82) is 0 Å². The Balaban J connectivity index is 2.15. The van der Waals surface area contributed by atoms with Crippen molar-refractivity contribution in [2.75, 3.05) is 13.1 Å². The molecule has 1 heterocycles. The molecule has 1 saturated heterocycles. The molecule has 1 atom stereocenters. The van der Waals surface area contributed by atoms with E-state index in [1.54, 1.807) is 0 Å². The summed E-state index contributed by atoms with van der Waals surface area (Å²) in [5, 5.41) is 9.51. The van der Waals surface area contributed by atoms with E-state index in [0.717, 1.165) is 31.5 Å². The fourth-order valence-electron chi connectivity index (χ4n) is 2.83. The highest BCUT2D eigenvalue weighted by Gasteiger charge is 2.27. The van der Waals surface area contributed by atoms with Gasteiger partial charge in [-0.3, -0.25) is 9.69 Å². The van der Waals surface area contributed by atoms with Gasteiger partial charge in [-0.05, 0) is 57.3 Å². The van der Waals surface area contributed by atoms with Crippen molar-refractivity contribution < 1.29 is 9.90 Å². The third-order valence-corrected chi connectivity index (χ3v) is 4.03. The molecule has 1 aliphatic heterocycles. The number of rotatable bonds is 4. The van der Waals surface area contributed by atoms with Gasteiger partial charge in [0, 0.05) is 0 Å². The van der Waals surface area contributed by atoms with Gasteiger partial charge in [0.05, 0.1) is 0 Å². The number of likely N-dealkylation sites (tertiary alicyclic amines) is 1. The van der Waals surface area contributed by atoms with Crippen LogP contribution in [0.5, 0.6) is 0 Å². The smallest absolute Gasteiger partial charge is 0.321 e. The van der Waals surface area contributed by atoms with Gasteiger partial charge in [-0.2, -0.15) is 0 Å². The summed E-state index contributed by atoms with van der Waals surface area (Å²) in [6, 6.07) is 5.91. The third kappa shape index (κ3) is 3.57. The van der Waals surface area contributed by atoms with Crippen LogP contribution in [0.25, 0.3) is 0 Å². The fourth-order valence-corrected chi connectivity index (χ4v) is 2.83. The van der Waals surface area contributed by atoms with Gasteiger partial charge < -0.3 is 5.11 Å². The Bertz CT molecular complexity index is 450. The molecule has 1 aromatic rings. The van der Waals surface area contributed by atoms with Gasteiger partial charge in [0.2, 0.25) is 0 Å². The molecule has 1 aliphatic rings.